The Labute approximate surface area is 169 Å². The molecule has 0 aliphatic carbocycles. The molecule has 1 aromatic heterocycles. The Kier molecular flexibility index (Phi) is 4.98. The van der Waals surface area contributed by atoms with Crippen LogP contribution in [0.4, 0.5) is 0 Å². The number of aromatic nitrogens is 2. The largest absolute Gasteiger partial charge is 0.475 e. The molecule has 2 saturated heterocycles. The van der Waals surface area contributed by atoms with Crippen LogP contribution >= 0.6 is 0 Å². The van der Waals surface area contributed by atoms with Gasteiger partial charge in [0.2, 0.25) is 5.82 Å². The summed E-state index contributed by atoms with van der Waals surface area (Å²) in [5, 5.41) is 9.65. The van der Waals surface area contributed by atoms with E-state index in [9.17, 15) is 9.90 Å². The number of imidazole rings is 1. The molecule has 29 heavy (non-hydrogen) atoms. The van der Waals surface area contributed by atoms with Gasteiger partial charge in [0.1, 0.15) is 18.3 Å². The van der Waals surface area contributed by atoms with Crippen molar-refractivity contribution >= 4 is 5.97 Å². The van der Waals surface area contributed by atoms with Crippen LogP contribution in [0.1, 0.15) is 55.7 Å². The van der Waals surface area contributed by atoms with Crippen molar-refractivity contribution in [2.24, 2.45) is 0 Å². The SMILES string of the molecule is CC1(C)O[C@H]([C@H]2COC(C)(C)O2)[C@@H](c2cn(Cc3ccccc3)c(C(=O)O)n2)O1. The van der Waals surface area contributed by atoms with Gasteiger partial charge in [-0.15, -0.1) is 0 Å². The van der Waals surface area contributed by atoms with Crippen LogP contribution in [0.5, 0.6) is 0 Å². The van der Waals surface area contributed by atoms with Gasteiger partial charge in [-0.2, -0.15) is 0 Å². The van der Waals surface area contributed by atoms with Crippen LogP contribution in [0.25, 0.3) is 0 Å². The number of carboxylic acid groups (broad SMARTS) is 1. The molecule has 0 bridgehead atoms. The molecule has 0 saturated carbocycles. The molecule has 0 unspecified atom stereocenters. The van der Waals surface area contributed by atoms with Gasteiger partial charge >= 0.3 is 5.97 Å². The minimum atomic E-state index is -1.09. The van der Waals surface area contributed by atoms with E-state index in [-0.39, 0.29) is 11.9 Å². The van der Waals surface area contributed by atoms with Gasteiger partial charge in [0.05, 0.1) is 12.3 Å². The molecule has 8 heteroatoms. The number of aromatic carboxylic acids is 1. The summed E-state index contributed by atoms with van der Waals surface area (Å²) in [5.74, 6) is -2.69. The monoisotopic (exact) mass is 402 g/mol. The van der Waals surface area contributed by atoms with Crippen molar-refractivity contribution in [1.82, 2.24) is 9.55 Å². The average Bonchev–Trinajstić information content (AvgIpc) is 3.30. The first-order valence-electron chi connectivity index (χ1n) is 9.65. The molecule has 2 aliphatic rings. The molecule has 2 aliphatic heterocycles. The summed E-state index contributed by atoms with van der Waals surface area (Å²) in [4.78, 5) is 16.2. The lowest BCUT2D eigenvalue weighted by Gasteiger charge is -2.23. The second-order valence-electron chi connectivity index (χ2n) is 8.30. The van der Waals surface area contributed by atoms with Gasteiger partial charge in [-0.1, -0.05) is 30.3 Å². The van der Waals surface area contributed by atoms with Crippen molar-refractivity contribution in [3.63, 3.8) is 0 Å². The third-order valence-electron chi connectivity index (χ3n) is 5.00. The lowest BCUT2D eigenvalue weighted by Crippen LogP contribution is -2.35. The fourth-order valence-corrected chi connectivity index (χ4v) is 3.81. The van der Waals surface area contributed by atoms with Crippen LogP contribution in [0.3, 0.4) is 0 Å². The molecule has 2 fully saturated rings. The maximum absolute atomic E-state index is 11.8. The second kappa shape index (κ2) is 7.21. The molecular weight excluding hydrogens is 376 g/mol. The van der Waals surface area contributed by atoms with Gasteiger partial charge in [-0.05, 0) is 33.3 Å². The van der Waals surface area contributed by atoms with Crippen LogP contribution in [-0.2, 0) is 25.5 Å². The van der Waals surface area contributed by atoms with E-state index < -0.39 is 29.8 Å². The van der Waals surface area contributed by atoms with Crippen molar-refractivity contribution < 1.29 is 28.8 Å². The summed E-state index contributed by atoms with van der Waals surface area (Å²) in [6.07, 6.45) is 0.347. The van der Waals surface area contributed by atoms with Gasteiger partial charge < -0.3 is 28.6 Å². The molecule has 0 spiro atoms. The molecule has 1 N–H and O–H groups in total. The number of hydrogen-bond acceptors (Lipinski definition) is 6. The number of hydrogen-bond donors (Lipinski definition) is 1. The predicted octanol–water partition coefficient (Wildman–Crippen LogP) is 2.97. The Hall–Kier alpha value is -2.26. The molecule has 3 heterocycles. The van der Waals surface area contributed by atoms with Gasteiger partial charge in [0.15, 0.2) is 11.6 Å². The third-order valence-corrected chi connectivity index (χ3v) is 5.00. The summed E-state index contributed by atoms with van der Waals surface area (Å²) in [6.45, 7) is 8.09. The fraction of sp³-hybridized carbons (Fsp3) is 0.524. The standard InChI is InChI=1S/C21H26N2O6/c1-20(2)26-12-15(27-20)17-16(28-21(3,4)29-17)14-11-23(18(22-14)19(24)25)10-13-8-6-5-7-9-13/h5-9,11,15-17H,10,12H2,1-4H3,(H,24,25)/t15-,16-,17-/m1/s1. The van der Waals surface area contributed by atoms with Crippen LogP contribution in [-0.4, -0.2) is 51.0 Å². The van der Waals surface area contributed by atoms with Gasteiger partial charge in [0, 0.05) is 12.7 Å². The number of carbonyl (C=O) groups is 1. The second-order valence-corrected chi connectivity index (χ2v) is 8.30. The predicted molar refractivity (Wildman–Crippen MR) is 102 cm³/mol. The Bertz CT molecular complexity index is 892. The maximum atomic E-state index is 11.8. The summed E-state index contributed by atoms with van der Waals surface area (Å²) in [5.41, 5.74) is 1.48. The Balaban J connectivity index is 1.65. The van der Waals surface area contributed by atoms with Gasteiger partial charge in [-0.25, -0.2) is 9.78 Å². The van der Waals surface area contributed by atoms with Crippen LogP contribution in [0, 0.1) is 0 Å². The molecule has 0 amide bonds. The zero-order valence-corrected chi connectivity index (χ0v) is 17.0. The highest BCUT2D eigenvalue weighted by atomic mass is 16.8. The molecule has 1 aromatic carbocycles. The summed E-state index contributed by atoms with van der Waals surface area (Å²) >= 11 is 0. The van der Waals surface area contributed by atoms with E-state index in [0.717, 1.165) is 5.56 Å². The molecule has 3 atom stereocenters. The van der Waals surface area contributed by atoms with Crippen molar-refractivity contribution in [2.45, 2.75) is 64.1 Å². The highest BCUT2D eigenvalue weighted by molar-refractivity contribution is 5.83. The van der Waals surface area contributed by atoms with Crippen LogP contribution in [0.15, 0.2) is 36.5 Å². The quantitative estimate of drug-likeness (QED) is 0.822. The number of benzene rings is 1. The molecule has 0 radical (unpaired) electrons. The fourth-order valence-electron chi connectivity index (χ4n) is 3.81. The molecule has 8 nitrogen and oxygen atoms in total. The lowest BCUT2D eigenvalue weighted by atomic mass is 10.1. The Morgan fingerprint density at radius 3 is 2.48 bits per heavy atom. The minimum absolute atomic E-state index is 0.0418. The summed E-state index contributed by atoms with van der Waals surface area (Å²) < 4.78 is 25.5. The van der Waals surface area contributed by atoms with Crippen molar-refractivity contribution in [2.75, 3.05) is 6.61 Å². The molecule has 2 aromatic rings. The van der Waals surface area contributed by atoms with Gasteiger partial charge in [-0.3, -0.25) is 0 Å². The number of nitrogens with zero attached hydrogens (tertiary/aromatic N) is 2. The zero-order chi connectivity index (χ0) is 20.8. The number of rotatable bonds is 5. The smallest absolute Gasteiger partial charge is 0.372 e. The first kappa shape index (κ1) is 20.0. The summed E-state index contributed by atoms with van der Waals surface area (Å²) in [6, 6.07) is 9.64. The first-order chi connectivity index (χ1) is 13.6. The normalized spacial score (nSPS) is 27.9. The molecule has 4 rings (SSSR count). The highest BCUT2D eigenvalue weighted by Gasteiger charge is 2.51. The van der Waals surface area contributed by atoms with E-state index in [2.05, 4.69) is 4.98 Å². The molecular formula is C21H26N2O6. The first-order valence-corrected chi connectivity index (χ1v) is 9.65. The number of carboxylic acids is 1. The molecule has 156 valence electrons. The maximum Gasteiger partial charge on any atom is 0.372 e. The zero-order valence-electron chi connectivity index (χ0n) is 17.0. The summed E-state index contributed by atoms with van der Waals surface area (Å²) in [7, 11) is 0. The Morgan fingerprint density at radius 1 is 1.14 bits per heavy atom. The van der Waals surface area contributed by atoms with Crippen molar-refractivity contribution in [3.8, 4) is 0 Å². The van der Waals surface area contributed by atoms with Crippen molar-refractivity contribution in [3.05, 3.63) is 53.6 Å². The van der Waals surface area contributed by atoms with Crippen LogP contribution < -0.4 is 0 Å². The third kappa shape index (κ3) is 4.20. The van der Waals surface area contributed by atoms with E-state index in [1.54, 1.807) is 10.8 Å². The van der Waals surface area contributed by atoms with Crippen LogP contribution in [0.2, 0.25) is 0 Å². The Morgan fingerprint density at radius 2 is 1.86 bits per heavy atom. The van der Waals surface area contributed by atoms with E-state index in [1.165, 1.54) is 0 Å². The van der Waals surface area contributed by atoms with E-state index >= 15 is 0 Å². The average molecular weight is 402 g/mol. The van der Waals surface area contributed by atoms with Gasteiger partial charge in [0.25, 0.3) is 0 Å². The highest BCUT2D eigenvalue weighted by Crippen LogP contribution is 2.42. The van der Waals surface area contributed by atoms with E-state index in [0.29, 0.717) is 18.8 Å². The van der Waals surface area contributed by atoms with E-state index in [1.807, 2.05) is 58.0 Å². The topological polar surface area (TPSA) is 92.0 Å². The minimum Gasteiger partial charge on any atom is -0.475 e. The van der Waals surface area contributed by atoms with E-state index in [4.69, 9.17) is 18.9 Å². The lowest BCUT2D eigenvalue weighted by molar-refractivity contribution is -0.174. The van der Waals surface area contributed by atoms with Crippen molar-refractivity contribution in [1.29, 1.82) is 0 Å². The number of ether oxygens (including phenoxy) is 4.